The highest BCUT2D eigenvalue weighted by Gasteiger charge is 2.31. The largest absolute Gasteiger partial charge is 0.393 e. The lowest BCUT2D eigenvalue weighted by Crippen LogP contribution is -2.43. The molecule has 1 amide bonds. The zero-order valence-corrected chi connectivity index (χ0v) is 14.2. The van der Waals surface area contributed by atoms with Gasteiger partial charge in [0.15, 0.2) is 0 Å². The first kappa shape index (κ1) is 18.9. The molecule has 0 heterocycles. The van der Waals surface area contributed by atoms with Gasteiger partial charge in [0.1, 0.15) is 5.69 Å². The average molecular weight is 323 g/mol. The number of nitro benzene ring substituents is 1. The van der Waals surface area contributed by atoms with Crippen LogP contribution in [0.2, 0.25) is 0 Å². The predicted molar refractivity (Wildman–Crippen MR) is 89.2 cm³/mol. The van der Waals surface area contributed by atoms with Gasteiger partial charge in [-0.2, -0.15) is 0 Å². The van der Waals surface area contributed by atoms with E-state index in [-0.39, 0.29) is 29.4 Å². The van der Waals surface area contributed by atoms with E-state index < -0.39 is 22.3 Å². The molecule has 1 aromatic carbocycles. The van der Waals surface area contributed by atoms with Gasteiger partial charge in [-0.1, -0.05) is 27.7 Å². The maximum Gasteiger partial charge on any atom is 0.293 e. The normalized spacial score (nSPS) is 13.0. The first-order chi connectivity index (χ1) is 10.5. The second kappa shape index (κ2) is 6.95. The Morgan fingerprint density at radius 1 is 1.43 bits per heavy atom. The first-order valence-corrected chi connectivity index (χ1v) is 7.48. The number of nitrogen functional groups attached to an aromatic ring is 1. The molecule has 0 spiro atoms. The summed E-state index contributed by atoms with van der Waals surface area (Å²) in [6, 6.07) is 2.85. The number of hydrogen-bond donors (Lipinski definition) is 3. The lowest BCUT2D eigenvalue weighted by molar-refractivity contribution is -0.384. The summed E-state index contributed by atoms with van der Waals surface area (Å²) in [6.07, 6.45) is -0.591. The number of anilines is 1. The minimum absolute atomic E-state index is 0.0482. The number of carbonyl (C=O) groups is 1. The van der Waals surface area contributed by atoms with Gasteiger partial charge in [-0.3, -0.25) is 14.9 Å². The number of aliphatic hydroxyl groups excluding tert-OH is 1. The van der Waals surface area contributed by atoms with E-state index in [2.05, 4.69) is 5.32 Å². The molecule has 0 radical (unpaired) electrons. The quantitative estimate of drug-likeness (QED) is 0.421. The van der Waals surface area contributed by atoms with Crippen molar-refractivity contribution in [3.63, 3.8) is 0 Å². The van der Waals surface area contributed by atoms with Gasteiger partial charge in [-0.05, 0) is 24.5 Å². The summed E-state index contributed by atoms with van der Waals surface area (Å²) in [5, 5.41) is 23.9. The molecule has 4 N–H and O–H groups in total. The molecule has 0 aliphatic carbocycles. The zero-order chi connectivity index (χ0) is 17.9. The smallest absolute Gasteiger partial charge is 0.293 e. The Labute approximate surface area is 136 Å². The van der Waals surface area contributed by atoms with Gasteiger partial charge in [0, 0.05) is 18.0 Å². The van der Waals surface area contributed by atoms with Crippen molar-refractivity contribution in [1.29, 1.82) is 0 Å². The van der Waals surface area contributed by atoms with E-state index in [0.717, 1.165) is 0 Å². The highest BCUT2D eigenvalue weighted by atomic mass is 16.6. The van der Waals surface area contributed by atoms with Crippen LogP contribution >= 0.6 is 0 Å². The van der Waals surface area contributed by atoms with Crippen LogP contribution in [0.4, 0.5) is 11.4 Å². The van der Waals surface area contributed by atoms with E-state index in [1.54, 1.807) is 6.92 Å². The predicted octanol–water partition coefficient (Wildman–Crippen LogP) is 2.26. The number of hydrogen-bond acceptors (Lipinski definition) is 5. The topological polar surface area (TPSA) is 118 Å². The van der Waals surface area contributed by atoms with E-state index in [4.69, 9.17) is 5.73 Å². The highest BCUT2D eigenvalue weighted by molar-refractivity contribution is 6.01. The van der Waals surface area contributed by atoms with Crippen LogP contribution in [0.3, 0.4) is 0 Å². The molecule has 1 aromatic rings. The first-order valence-electron chi connectivity index (χ1n) is 7.48. The number of amides is 1. The Bertz CT molecular complexity index is 612. The molecule has 0 aromatic heterocycles. The maximum atomic E-state index is 12.3. The number of aliphatic hydroxyl groups is 1. The molecule has 7 nitrogen and oxygen atoms in total. The van der Waals surface area contributed by atoms with E-state index in [9.17, 15) is 20.0 Å². The molecule has 128 valence electrons. The van der Waals surface area contributed by atoms with Gasteiger partial charge >= 0.3 is 0 Å². The molecule has 0 saturated heterocycles. The minimum Gasteiger partial charge on any atom is -0.393 e. The van der Waals surface area contributed by atoms with Crippen molar-refractivity contribution >= 4 is 17.3 Å². The Balaban J connectivity index is 2.98. The van der Waals surface area contributed by atoms with Gasteiger partial charge in [0.05, 0.1) is 16.6 Å². The molecule has 7 heteroatoms. The van der Waals surface area contributed by atoms with Crippen LogP contribution in [-0.4, -0.2) is 28.6 Å². The molecule has 0 saturated carbocycles. The van der Waals surface area contributed by atoms with E-state index in [0.29, 0.717) is 5.56 Å². The lowest BCUT2D eigenvalue weighted by atomic mass is 9.80. The van der Waals surface area contributed by atoms with Crippen LogP contribution in [0.5, 0.6) is 0 Å². The standard InChI is InChI=1S/C16H25N3O4/c1-9(2)14(20)16(4,5)8-18-15(21)11-6-10(3)7-12(13(11)17)19(22)23/h6-7,9,14,20H,8,17H2,1-5H3,(H,18,21). The second-order valence-electron chi connectivity index (χ2n) is 6.86. The average Bonchev–Trinajstić information content (AvgIpc) is 2.45. The van der Waals surface area contributed by atoms with E-state index in [1.165, 1.54) is 12.1 Å². The van der Waals surface area contributed by atoms with Crippen molar-refractivity contribution < 1.29 is 14.8 Å². The molecule has 0 aliphatic heterocycles. The molecular formula is C16H25N3O4. The number of nitrogens with one attached hydrogen (secondary N) is 1. The number of rotatable bonds is 6. The summed E-state index contributed by atoms with van der Waals surface area (Å²) >= 11 is 0. The van der Waals surface area contributed by atoms with Crippen molar-refractivity contribution in [3.8, 4) is 0 Å². The molecule has 23 heavy (non-hydrogen) atoms. The molecule has 0 fully saturated rings. The fourth-order valence-corrected chi connectivity index (χ4v) is 2.53. The third-order valence-electron chi connectivity index (χ3n) is 3.88. The van der Waals surface area contributed by atoms with Gasteiger partial charge < -0.3 is 16.2 Å². The Morgan fingerprint density at radius 3 is 2.48 bits per heavy atom. The fourth-order valence-electron chi connectivity index (χ4n) is 2.53. The van der Waals surface area contributed by atoms with Crippen molar-refractivity contribution in [2.45, 2.75) is 40.7 Å². The summed E-state index contributed by atoms with van der Waals surface area (Å²) in [4.78, 5) is 22.7. The van der Waals surface area contributed by atoms with E-state index in [1.807, 2.05) is 27.7 Å². The number of nitrogens with zero attached hydrogens (tertiary/aromatic N) is 1. The second-order valence-corrected chi connectivity index (χ2v) is 6.86. The van der Waals surface area contributed by atoms with Crippen LogP contribution in [0, 0.1) is 28.4 Å². The van der Waals surface area contributed by atoms with Gasteiger partial charge in [0.25, 0.3) is 11.6 Å². The SMILES string of the molecule is Cc1cc(C(=O)NCC(C)(C)C(O)C(C)C)c(N)c([N+](=O)[O-])c1. The molecule has 0 bridgehead atoms. The number of nitro groups is 1. The van der Waals surface area contributed by atoms with Crippen molar-refractivity contribution in [1.82, 2.24) is 5.32 Å². The van der Waals surface area contributed by atoms with Gasteiger partial charge in [0.2, 0.25) is 0 Å². The summed E-state index contributed by atoms with van der Waals surface area (Å²) in [7, 11) is 0. The third-order valence-corrected chi connectivity index (χ3v) is 3.88. The highest BCUT2D eigenvalue weighted by Crippen LogP contribution is 2.28. The lowest BCUT2D eigenvalue weighted by Gasteiger charge is -2.33. The van der Waals surface area contributed by atoms with E-state index >= 15 is 0 Å². The number of benzene rings is 1. The maximum absolute atomic E-state index is 12.3. The van der Waals surface area contributed by atoms with Crippen molar-refractivity contribution in [3.05, 3.63) is 33.4 Å². The summed E-state index contributed by atoms with van der Waals surface area (Å²) in [6.45, 7) is 9.38. The molecule has 1 rings (SSSR count). The summed E-state index contributed by atoms with van der Waals surface area (Å²) < 4.78 is 0. The Hall–Kier alpha value is -2.15. The van der Waals surface area contributed by atoms with Crippen LogP contribution in [-0.2, 0) is 0 Å². The Kier molecular flexibility index (Phi) is 5.71. The summed E-state index contributed by atoms with van der Waals surface area (Å²) in [5.41, 5.74) is 5.44. The summed E-state index contributed by atoms with van der Waals surface area (Å²) in [5.74, 6) is -0.439. The van der Waals surface area contributed by atoms with Crippen LogP contribution in [0.25, 0.3) is 0 Å². The van der Waals surface area contributed by atoms with Crippen LogP contribution in [0.15, 0.2) is 12.1 Å². The molecule has 1 atom stereocenters. The zero-order valence-electron chi connectivity index (χ0n) is 14.2. The van der Waals surface area contributed by atoms with Crippen LogP contribution in [0.1, 0.15) is 43.6 Å². The van der Waals surface area contributed by atoms with Crippen LogP contribution < -0.4 is 11.1 Å². The number of nitrogens with two attached hydrogens (primary N) is 1. The van der Waals surface area contributed by atoms with Gasteiger partial charge in [-0.25, -0.2) is 0 Å². The number of carbonyl (C=O) groups excluding carboxylic acids is 1. The molecule has 1 unspecified atom stereocenters. The fraction of sp³-hybridized carbons (Fsp3) is 0.562. The molecular weight excluding hydrogens is 298 g/mol. The molecule has 0 aliphatic rings. The Morgan fingerprint density at radius 2 is 2.00 bits per heavy atom. The number of aryl methyl sites for hydroxylation is 1. The monoisotopic (exact) mass is 323 g/mol. The third kappa shape index (κ3) is 4.41. The van der Waals surface area contributed by atoms with Crippen molar-refractivity contribution in [2.75, 3.05) is 12.3 Å². The van der Waals surface area contributed by atoms with Crippen molar-refractivity contribution in [2.24, 2.45) is 11.3 Å². The van der Waals surface area contributed by atoms with Gasteiger partial charge in [-0.15, -0.1) is 0 Å². The minimum atomic E-state index is -0.606.